The smallest absolute Gasteiger partial charge is 0.354 e. The van der Waals surface area contributed by atoms with Gasteiger partial charge >= 0.3 is 6.18 Å². The third-order valence-corrected chi connectivity index (χ3v) is 3.59. The molecule has 23 heavy (non-hydrogen) atoms. The van der Waals surface area contributed by atoms with Crippen molar-refractivity contribution < 1.29 is 13.2 Å². The Labute approximate surface area is 133 Å². The first-order valence-corrected chi connectivity index (χ1v) is 7.72. The topological polar surface area (TPSA) is 39.6 Å². The zero-order valence-corrected chi connectivity index (χ0v) is 13.9. The Hall–Kier alpha value is -2.04. The number of benzene rings is 1. The van der Waals surface area contributed by atoms with E-state index in [1.165, 1.54) is 6.07 Å². The molecule has 126 valence electrons. The summed E-state index contributed by atoms with van der Waals surface area (Å²) in [4.78, 5) is 2.88. The minimum absolute atomic E-state index is 0.141. The quantitative estimate of drug-likeness (QED) is 0.840. The fraction of sp³-hybridized carbons (Fsp3) is 0.389. The molecule has 1 unspecified atom stereocenters. The molecule has 2 nitrogen and oxygen atoms in total. The lowest BCUT2D eigenvalue weighted by Crippen LogP contribution is -2.40. The summed E-state index contributed by atoms with van der Waals surface area (Å²) in [5.41, 5.74) is -0.156. The summed E-state index contributed by atoms with van der Waals surface area (Å²) in [6, 6.07) is 3.52. The van der Waals surface area contributed by atoms with Crippen molar-refractivity contribution >= 4 is 23.6 Å². The SMILES string of the molecule is C=c1[nH]c2ccc(C(F)(F)F)cc2/c(=C/C(C)CC)c1=N.CC. The van der Waals surface area contributed by atoms with E-state index in [4.69, 9.17) is 5.41 Å². The highest BCUT2D eigenvalue weighted by molar-refractivity contribution is 5.80. The zero-order chi connectivity index (χ0) is 17.8. The third kappa shape index (κ3) is 4.24. The van der Waals surface area contributed by atoms with Crippen molar-refractivity contribution in [2.45, 2.75) is 40.3 Å². The molecule has 0 saturated carbocycles. The number of H-pyrrole nitrogens is 1. The summed E-state index contributed by atoms with van der Waals surface area (Å²) in [6.07, 6.45) is -1.70. The molecule has 0 aliphatic rings. The van der Waals surface area contributed by atoms with Gasteiger partial charge < -0.3 is 4.98 Å². The number of nitrogens with one attached hydrogen (secondary N) is 2. The lowest BCUT2D eigenvalue weighted by Gasteiger charge is -2.09. The van der Waals surface area contributed by atoms with Crippen LogP contribution < -0.4 is 15.9 Å². The zero-order valence-electron chi connectivity index (χ0n) is 13.9. The summed E-state index contributed by atoms with van der Waals surface area (Å²) in [7, 11) is 0. The van der Waals surface area contributed by atoms with Gasteiger partial charge in [0.15, 0.2) is 0 Å². The Bertz CT molecular complexity index is 832. The minimum Gasteiger partial charge on any atom is -0.354 e. The molecule has 1 atom stereocenters. The fourth-order valence-electron chi connectivity index (χ4n) is 2.15. The van der Waals surface area contributed by atoms with Crippen LogP contribution in [0.3, 0.4) is 0 Å². The van der Waals surface area contributed by atoms with Gasteiger partial charge in [-0.1, -0.05) is 46.8 Å². The first kappa shape index (κ1) is 19.0. The maximum Gasteiger partial charge on any atom is 0.416 e. The molecule has 0 fully saturated rings. The first-order chi connectivity index (χ1) is 10.7. The summed E-state index contributed by atoms with van der Waals surface area (Å²) < 4.78 is 38.6. The number of alkyl halides is 3. The van der Waals surface area contributed by atoms with E-state index >= 15 is 0 Å². The summed E-state index contributed by atoms with van der Waals surface area (Å²) in [5.74, 6) is 0.175. The molecule has 0 aliphatic heterocycles. The van der Waals surface area contributed by atoms with Crippen molar-refractivity contribution in [3.8, 4) is 0 Å². The lowest BCUT2D eigenvalue weighted by atomic mass is 10.0. The largest absolute Gasteiger partial charge is 0.416 e. The van der Waals surface area contributed by atoms with Crippen molar-refractivity contribution in [1.82, 2.24) is 4.98 Å². The van der Waals surface area contributed by atoms with Crippen LogP contribution in [0.15, 0.2) is 18.2 Å². The Morgan fingerprint density at radius 1 is 1.30 bits per heavy atom. The fourth-order valence-corrected chi connectivity index (χ4v) is 2.15. The summed E-state index contributed by atoms with van der Waals surface area (Å²) in [6.45, 7) is 11.7. The second-order valence-electron chi connectivity index (χ2n) is 5.20. The van der Waals surface area contributed by atoms with Crippen LogP contribution in [0.4, 0.5) is 13.2 Å². The van der Waals surface area contributed by atoms with Gasteiger partial charge in [-0.25, -0.2) is 0 Å². The highest BCUT2D eigenvalue weighted by Crippen LogP contribution is 2.30. The molecule has 0 spiro atoms. The summed E-state index contributed by atoms with van der Waals surface area (Å²) in [5, 5.41) is 9.52. The maximum atomic E-state index is 12.9. The second kappa shape index (κ2) is 7.49. The number of aromatic nitrogens is 1. The molecule has 0 amide bonds. The molecule has 0 bridgehead atoms. The van der Waals surface area contributed by atoms with Gasteiger partial charge in [-0.15, -0.1) is 0 Å². The van der Waals surface area contributed by atoms with Gasteiger partial charge in [0.25, 0.3) is 0 Å². The first-order valence-electron chi connectivity index (χ1n) is 7.72. The van der Waals surface area contributed by atoms with Gasteiger partial charge in [-0.3, -0.25) is 5.41 Å². The number of fused-ring (bicyclic) bond motifs is 1. The van der Waals surface area contributed by atoms with E-state index in [1.807, 2.05) is 33.8 Å². The van der Waals surface area contributed by atoms with Crippen molar-refractivity contribution in [2.75, 3.05) is 0 Å². The van der Waals surface area contributed by atoms with Gasteiger partial charge in [0.2, 0.25) is 0 Å². The highest BCUT2D eigenvalue weighted by atomic mass is 19.4. The van der Waals surface area contributed by atoms with E-state index in [0.29, 0.717) is 21.5 Å². The number of halogens is 3. The second-order valence-corrected chi connectivity index (χ2v) is 5.20. The van der Waals surface area contributed by atoms with Gasteiger partial charge in [-0.2, -0.15) is 13.2 Å². The van der Waals surface area contributed by atoms with Gasteiger partial charge in [0.05, 0.1) is 16.3 Å². The van der Waals surface area contributed by atoms with Gasteiger partial charge in [0, 0.05) is 16.1 Å². The van der Waals surface area contributed by atoms with Crippen molar-refractivity contribution in [2.24, 2.45) is 5.92 Å². The van der Waals surface area contributed by atoms with Crippen LogP contribution in [0.5, 0.6) is 0 Å². The molecule has 0 radical (unpaired) electrons. The predicted molar refractivity (Wildman–Crippen MR) is 89.2 cm³/mol. The van der Waals surface area contributed by atoms with Crippen LogP contribution in [0.1, 0.15) is 39.7 Å². The Morgan fingerprint density at radius 3 is 2.43 bits per heavy atom. The molecule has 0 aliphatic carbocycles. The molecular weight excluding hydrogens is 301 g/mol. The monoisotopic (exact) mass is 324 g/mol. The Morgan fingerprint density at radius 2 is 1.91 bits per heavy atom. The van der Waals surface area contributed by atoms with E-state index in [0.717, 1.165) is 18.6 Å². The standard InChI is InChI=1S/C16H17F3N2.C2H6/c1-4-9(2)7-13-12-8-11(16(17,18)19)5-6-14(12)21-10(3)15(13)20;1-2/h5-9,20-21H,3-4H2,1-2H3;1-2H3/b13-7-,20-15?;. The van der Waals surface area contributed by atoms with Crippen LogP contribution in [-0.2, 0) is 6.18 Å². The van der Waals surface area contributed by atoms with Crippen LogP contribution in [-0.4, -0.2) is 4.98 Å². The number of hydrogen-bond donors (Lipinski definition) is 2. The molecule has 2 rings (SSSR count). The predicted octanol–water partition coefficient (Wildman–Crippen LogP) is 3.93. The molecule has 0 saturated heterocycles. The minimum atomic E-state index is -4.40. The van der Waals surface area contributed by atoms with Crippen molar-refractivity contribution in [3.63, 3.8) is 0 Å². The Kier molecular flexibility index (Phi) is 6.19. The Balaban J connectivity index is 0.00000127. The van der Waals surface area contributed by atoms with E-state index in [2.05, 4.69) is 11.6 Å². The highest BCUT2D eigenvalue weighted by Gasteiger charge is 2.30. The average molecular weight is 324 g/mol. The van der Waals surface area contributed by atoms with Crippen LogP contribution >= 0.6 is 0 Å². The van der Waals surface area contributed by atoms with E-state index in [-0.39, 0.29) is 11.3 Å². The van der Waals surface area contributed by atoms with Gasteiger partial charge in [-0.05, 0) is 24.1 Å². The summed E-state index contributed by atoms with van der Waals surface area (Å²) >= 11 is 0. The van der Waals surface area contributed by atoms with E-state index < -0.39 is 11.7 Å². The average Bonchev–Trinajstić information content (AvgIpc) is 2.52. The molecular formula is C18H23F3N2. The van der Waals surface area contributed by atoms with Crippen LogP contribution in [0.25, 0.3) is 23.6 Å². The van der Waals surface area contributed by atoms with Crippen molar-refractivity contribution in [3.05, 3.63) is 39.7 Å². The maximum absolute atomic E-state index is 12.9. The normalized spacial score (nSPS) is 13.6. The van der Waals surface area contributed by atoms with Crippen LogP contribution in [0, 0.1) is 11.3 Å². The molecule has 2 aromatic rings. The molecule has 1 heterocycles. The van der Waals surface area contributed by atoms with E-state index in [9.17, 15) is 13.2 Å². The van der Waals surface area contributed by atoms with Crippen molar-refractivity contribution in [1.29, 1.82) is 5.41 Å². The molecule has 2 N–H and O–H groups in total. The van der Waals surface area contributed by atoms with Crippen LogP contribution in [0.2, 0.25) is 0 Å². The third-order valence-electron chi connectivity index (χ3n) is 3.59. The van der Waals surface area contributed by atoms with Gasteiger partial charge in [0.1, 0.15) is 0 Å². The lowest BCUT2D eigenvalue weighted by molar-refractivity contribution is -0.137. The number of pyridine rings is 1. The number of aromatic amines is 1. The number of rotatable bonds is 2. The van der Waals surface area contributed by atoms with E-state index in [1.54, 1.807) is 0 Å². The molecule has 5 heteroatoms. The number of hydrogen-bond acceptors (Lipinski definition) is 1. The molecule has 1 aromatic carbocycles. The molecule has 1 aromatic heterocycles.